The van der Waals surface area contributed by atoms with Gasteiger partial charge < -0.3 is 10.6 Å². The molecule has 1 fully saturated rings. The van der Waals surface area contributed by atoms with Crippen molar-refractivity contribution in [1.82, 2.24) is 14.8 Å². The van der Waals surface area contributed by atoms with Crippen LogP contribution in [0.15, 0.2) is 12.3 Å². The van der Waals surface area contributed by atoms with Crippen molar-refractivity contribution in [3.63, 3.8) is 0 Å². The first kappa shape index (κ1) is 9.45. The average Bonchev–Trinajstić information content (AvgIpc) is 2.88. The third-order valence-corrected chi connectivity index (χ3v) is 3.18. The second-order valence-corrected chi connectivity index (χ2v) is 4.23. The Kier molecular flexibility index (Phi) is 1.99. The maximum absolute atomic E-state index is 5.95. The SMILES string of the molecule is Cn1nc(N)c2c(N3CCCC3)ccnc21. The number of fused-ring (bicyclic) bond motifs is 1. The van der Waals surface area contributed by atoms with Crippen LogP contribution in [0, 0.1) is 0 Å². The van der Waals surface area contributed by atoms with Crippen LogP contribution in [0.4, 0.5) is 11.5 Å². The van der Waals surface area contributed by atoms with Gasteiger partial charge in [-0.05, 0) is 18.9 Å². The summed E-state index contributed by atoms with van der Waals surface area (Å²) in [5.41, 5.74) is 7.98. The molecular weight excluding hydrogens is 202 g/mol. The number of hydrogen-bond acceptors (Lipinski definition) is 4. The zero-order valence-electron chi connectivity index (χ0n) is 9.35. The van der Waals surface area contributed by atoms with Crippen molar-refractivity contribution in [2.45, 2.75) is 12.8 Å². The summed E-state index contributed by atoms with van der Waals surface area (Å²) in [6, 6.07) is 2.03. The Labute approximate surface area is 93.9 Å². The second kappa shape index (κ2) is 3.37. The smallest absolute Gasteiger partial charge is 0.161 e. The van der Waals surface area contributed by atoms with Gasteiger partial charge >= 0.3 is 0 Å². The summed E-state index contributed by atoms with van der Waals surface area (Å²) < 4.78 is 1.74. The molecule has 0 atom stereocenters. The number of aryl methyl sites for hydroxylation is 1. The monoisotopic (exact) mass is 217 g/mol. The van der Waals surface area contributed by atoms with Crippen LogP contribution in [0.3, 0.4) is 0 Å². The number of pyridine rings is 1. The van der Waals surface area contributed by atoms with Gasteiger partial charge in [0.1, 0.15) is 0 Å². The first-order valence-electron chi connectivity index (χ1n) is 5.59. The van der Waals surface area contributed by atoms with E-state index in [9.17, 15) is 0 Å². The van der Waals surface area contributed by atoms with Crippen LogP contribution in [0.5, 0.6) is 0 Å². The molecule has 2 N–H and O–H groups in total. The highest BCUT2D eigenvalue weighted by atomic mass is 15.3. The molecule has 0 bridgehead atoms. The van der Waals surface area contributed by atoms with Gasteiger partial charge in [0.05, 0.1) is 11.1 Å². The summed E-state index contributed by atoms with van der Waals surface area (Å²) in [6.45, 7) is 2.21. The standard InChI is InChI=1S/C11H15N5/c1-15-11-9(10(12)14-15)8(4-5-13-11)16-6-2-3-7-16/h4-5H,2-3,6-7H2,1H3,(H2,12,14). The van der Waals surface area contributed by atoms with E-state index in [2.05, 4.69) is 15.0 Å². The molecule has 2 aromatic rings. The van der Waals surface area contributed by atoms with Crippen molar-refractivity contribution in [2.75, 3.05) is 23.7 Å². The van der Waals surface area contributed by atoms with Gasteiger partial charge in [0.2, 0.25) is 0 Å². The summed E-state index contributed by atoms with van der Waals surface area (Å²) in [5, 5.41) is 5.22. The number of nitrogens with two attached hydrogens (primary N) is 1. The molecule has 0 aliphatic carbocycles. The van der Waals surface area contributed by atoms with Crippen LogP contribution in [-0.4, -0.2) is 27.9 Å². The van der Waals surface area contributed by atoms with Crippen LogP contribution in [0.1, 0.15) is 12.8 Å². The molecular formula is C11H15N5. The first-order valence-corrected chi connectivity index (χ1v) is 5.59. The fourth-order valence-corrected chi connectivity index (χ4v) is 2.41. The fraction of sp³-hybridized carbons (Fsp3) is 0.455. The number of aromatic nitrogens is 3. The van der Waals surface area contributed by atoms with E-state index in [1.807, 2.05) is 19.3 Å². The summed E-state index contributed by atoms with van der Waals surface area (Å²) in [5.74, 6) is 0.576. The first-order chi connectivity index (χ1) is 7.77. The van der Waals surface area contributed by atoms with Crippen LogP contribution >= 0.6 is 0 Å². The Morgan fingerprint density at radius 1 is 1.31 bits per heavy atom. The molecule has 3 heterocycles. The number of rotatable bonds is 1. The maximum Gasteiger partial charge on any atom is 0.161 e. The molecule has 16 heavy (non-hydrogen) atoms. The lowest BCUT2D eigenvalue weighted by atomic mass is 10.2. The van der Waals surface area contributed by atoms with Crippen LogP contribution in [0.2, 0.25) is 0 Å². The van der Waals surface area contributed by atoms with Crippen molar-refractivity contribution in [1.29, 1.82) is 0 Å². The van der Waals surface area contributed by atoms with E-state index in [1.54, 1.807) is 4.68 Å². The van der Waals surface area contributed by atoms with E-state index >= 15 is 0 Å². The van der Waals surface area contributed by atoms with Crippen molar-refractivity contribution in [3.05, 3.63) is 12.3 Å². The van der Waals surface area contributed by atoms with Crippen LogP contribution in [0.25, 0.3) is 11.0 Å². The van der Waals surface area contributed by atoms with Gasteiger partial charge in [0, 0.05) is 26.3 Å². The Balaban J connectivity index is 2.23. The lowest BCUT2D eigenvalue weighted by Gasteiger charge is -2.18. The molecule has 0 amide bonds. The highest BCUT2D eigenvalue weighted by molar-refractivity contribution is 5.98. The summed E-state index contributed by atoms with van der Waals surface area (Å²) >= 11 is 0. The normalized spacial score (nSPS) is 16.2. The van der Waals surface area contributed by atoms with Crippen molar-refractivity contribution in [3.8, 4) is 0 Å². The van der Waals surface area contributed by atoms with Gasteiger partial charge in [-0.2, -0.15) is 5.10 Å². The lowest BCUT2D eigenvalue weighted by molar-refractivity contribution is 0.791. The molecule has 5 heteroatoms. The van der Waals surface area contributed by atoms with Gasteiger partial charge in [-0.25, -0.2) is 9.67 Å². The van der Waals surface area contributed by atoms with Gasteiger partial charge in [0.15, 0.2) is 11.5 Å². The molecule has 0 spiro atoms. The van der Waals surface area contributed by atoms with E-state index in [-0.39, 0.29) is 0 Å². The Morgan fingerprint density at radius 3 is 2.81 bits per heavy atom. The van der Waals surface area contributed by atoms with E-state index in [4.69, 9.17) is 5.73 Å². The minimum absolute atomic E-state index is 0.576. The molecule has 0 radical (unpaired) electrons. The molecule has 1 saturated heterocycles. The number of hydrogen-bond donors (Lipinski definition) is 1. The Bertz CT molecular complexity index is 524. The predicted octanol–water partition coefficient (Wildman–Crippen LogP) is 1.15. The van der Waals surface area contributed by atoms with Gasteiger partial charge in [-0.1, -0.05) is 0 Å². The molecule has 1 aliphatic rings. The van der Waals surface area contributed by atoms with E-state index in [0.717, 1.165) is 24.1 Å². The molecule has 0 aromatic carbocycles. The third kappa shape index (κ3) is 1.24. The average molecular weight is 217 g/mol. The minimum atomic E-state index is 0.576. The number of nitrogens with zero attached hydrogens (tertiary/aromatic N) is 4. The highest BCUT2D eigenvalue weighted by Gasteiger charge is 2.18. The van der Waals surface area contributed by atoms with Crippen molar-refractivity contribution in [2.24, 2.45) is 7.05 Å². The predicted molar refractivity (Wildman–Crippen MR) is 64.4 cm³/mol. The number of nitrogen functional groups attached to an aromatic ring is 1. The van der Waals surface area contributed by atoms with Crippen LogP contribution < -0.4 is 10.6 Å². The Hall–Kier alpha value is -1.78. The fourth-order valence-electron chi connectivity index (χ4n) is 2.41. The third-order valence-electron chi connectivity index (χ3n) is 3.18. The minimum Gasteiger partial charge on any atom is -0.382 e. The van der Waals surface area contributed by atoms with Gasteiger partial charge in [-0.15, -0.1) is 0 Å². The van der Waals surface area contributed by atoms with E-state index < -0.39 is 0 Å². The largest absolute Gasteiger partial charge is 0.382 e. The molecule has 2 aromatic heterocycles. The summed E-state index contributed by atoms with van der Waals surface area (Å²) in [6.07, 6.45) is 4.34. The maximum atomic E-state index is 5.95. The van der Waals surface area contributed by atoms with Crippen molar-refractivity contribution < 1.29 is 0 Å². The zero-order valence-corrected chi connectivity index (χ0v) is 9.35. The molecule has 84 valence electrons. The highest BCUT2D eigenvalue weighted by Crippen LogP contribution is 2.31. The van der Waals surface area contributed by atoms with E-state index in [1.165, 1.54) is 18.5 Å². The molecule has 0 unspecified atom stereocenters. The quantitative estimate of drug-likeness (QED) is 0.778. The van der Waals surface area contributed by atoms with Gasteiger partial charge in [0.25, 0.3) is 0 Å². The van der Waals surface area contributed by atoms with E-state index in [0.29, 0.717) is 5.82 Å². The Morgan fingerprint density at radius 2 is 2.06 bits per heavy atom. The second-order valence-electron chi connectivity index (χ2n) is 4.23. The van der Waals surface area contributed by atoms with Crippen molar-refractivity contribution >= 4 is 22.5 Å². The van der Waals surface area contributed by atoms with Gasteiger partial charge in [-0.3, -0.25) is 0 Å². The zero-order chi connectivity index (χ0) is 11.1. The molecule has 3 rings (SSSR count). The lowest BCUT2D eigenvalue weighted by Crippen LogP contribution is -2.18. The number of anilines is 2. The van der Waals surface area contributed by atoms with Crippen LogP contribution in [-0.2, 0) is 7.05 Å². The molecule has 5 nitrogen and oxygen atoms in total. The topological polar surface area (TPSA) is 60.0 Å². The molecule has 0 saturated carbocycles. The molecule has 1 aliphatic heterocycles. The summed E-state index contributed by atoms with van der Waals surface area (Å²) in [7, 11) is 1.87. The summed E-state index contributed by atoms with van der Waals surface area (Å²) in [4.78, 5) is 6.69.